The van der Waals surface area contributed by atoms with Gasteiger partial charge < -0.3 is 15.0 Å². The van der Waals surface area contributed by atoms with E-state index in [0.29, 0.717) is 0 Å². The average Bonchev–Trinajstić information content (AvgIpc) is 0.811. The Hall–Kier alpha value is -0.371. The number of carboxylic acid groups (broad SMARTS) is 2. The van der Waals surface area contributed by atoms with Crippen LogP contribution in [0.5, 0.6) is 0 Å². The second kappa shape index (κ2) is 48.5. The number of rotatable bonds is 0. The summed E-state index contributed by atoms with van der Waals surface area (Å²) in [6.07, 6.45) is -2.33. The van der Waals surface area contributed by atoms with Crippen LogP contribution in [-0.2, 0) is 17.1 Å². The van der Waals surface area contributed by atoms with Gasteiger partial charge in [-0.05, 0) is 6.16 Å². The standard InChI is InChI=1S/CH2O3.Cu.4N/c2-1(3)4;;;;;/h(H2,2,3,4);;;;;/q;+2;;;;/p-2. The Labute approximate surface area is 63.6 Å². The Morgan fingerprint density at radius 2 is 0.889 bits per heavy atom. The predicted molar refractivity (Wildman–Crippen MR) is 13.9 cm³/mol. The summed E-state index contributed by atoms with van der Waals surface area (Å²) in [6.45, 7) is 0. The molecule has 9 heavy (non-hydrogen) atoms. The summed E-state index contributed by atoms with van der Waals surface area (Å²) < 4.78 is 0. The summed E-state index contributed by atoms with van der Waals surface area (Å²) in [5, 5.41) is 16.7. The zero-order valence-electron chi connectivity index (χ0n) is 3.82. The Balaban J connectivity index is -0.00000000450. The molecule has 7 nitrogen and oxygen atoms in total. The monoisotopic (exact) mass is 179 g/mol. The molecule has 0 rings (SSSR count). The van der Waals surface area contributed by atoms with Crippen molar-refractivity contribution in [2.24, 2.45) is 0 Å². The quantitative estimate of drug-likeness (QED) is 0.341. The number of hydrogen-bond acceptors (Lipinski definition) is 3. The Morgan fingerprint density at radius 1 is 0.889 bits per heavy atom. The van der Waals surface area contributed by atoms with Gasteiger partial charge in [0.05, 0.1) is 0 Å². The van der Waals surface area contributed by atoms with Crippen molar-refractivity contribution in [3.05, 3.63) is 0 Å². The third-order valence-electron chi connectivity index (χ3n) is 0. The zero-order valence-corrected chi connectivity index (χ0v) is 4.76. The molecule has 0 bridgehead atoms. The molecule has 0 atom stereocenters. The minimum absolute atomic E-state index is 0. The van der Waals surface area contributed by atoms with Crippen molar-refractivity contribution < 1.29 is 32.1 Å². The van der Waals surface area contributed by atoms with Gasteiger partial charge in [0.15, 0.2) is 0 Å². The molecule has 0 unspecified atom stereocenters. The van der Waals surface area contributed by atoms with E-state index in [1.807, 2.05) is 0 Å². The molecule has 0 aromatic carbocycles. The molecule has 0 amide bonds. The molecular formula is CCuN4O3. The second-order valence-corrected chi connectivity index (χ2v) is 0.250. The molecule has 0 aliphatic rings. The third kappa shape index (κ3) is 1760. The summed E-state index contributed by atoms with van der Waals surface area (Å²) in [7, 11) is 0. The van der Waals surface area contributed by atoms with Crippen molar-refractivity contribution in [3.8, 4) is 0 Å². The van der Waals surface area contributed by atoms with Gasteiger partial charge in [0, 0.05) is 24.6 Å². The van der Waals surface area contributed by atoms with Crippen molar-refractivity contribution >= 4 is 6.16 Å². The molecule has 0 fully saturated rings. The summed E-state index contributed by atoms with van der Waals surface area (Å²) >= 11 is 0. The van der Waals surface area contributed by atoms with Crippen LogP contribution in [-0.4, -0.2) is 6.16 Å². The molecule has 0 N–H and O–H groups in total. The van der Waals surface area contributed by atoms with Crippen molar-refractivity contribution in [2.45, 2.75) is 0 Å². The zero-order chi connectivity index (χ0) is 3.58. The smallest absolute Gasteiger partial charge is 0.652 e. The maximum atomic E-state index is 8.33. The van der Waals surface area contributed by atoms with Crippen molar-refractivity contribution in [3.63, 3.8) is 0 Å². The van der Waals surface area contributed by atoms with Crippen LogP contribution in [0.2, 0.25) is 0 Å². The van der Waals surface area contributed by atoms with Crippen LogP contribution in [0.1, 0.15) is 0 Å². The van der Waals surface area contributed by atoms with Gasteiger partial charge in [-0.15, -0.1) is 0 Å². The molecule has 0 saturated carbocycles. The van der Waals surface area contributed by atoms with Crippen molar-refractivity contribution in [2.75, 3.05) is 0 Å². The fourth-order valence-corrected chi connectivity index (χ4v) is 0. The van der Waals surface area contributed by atoms with Gasteiger partial charge in [-0.25, -0.2) is 0 Å². The summed E-state index contributed by atoms with van der Waals surface area (Å²) in [4.78, 5) is 8.33. The summed E-state index contributed by atoms with van der Waals surface area (Å²) in [6, 6.07) is 0. The van der Waals surface area contributed by atoms with E-state index in [1.54, 1.807) is 0 Å². The van der Waals surface area contributed by atoms with Crippen molar-refractivity contribution in [1.29, 1.82) is 0 Å². The topological polar surface area (TPSA) is 185 Å². The Bertz CT molecular complexity index is 38.8. The summed E-state index contributed by atoms with van der Waals surface area (Å²) in [5.41, 5.74) is 0. The van der Waals surface area contributed by atoms with Crippen LogP contribution in [0.3, 0.4) is 0 Å². The number of hydrogen-bond donors (Lipinski definition) is 0. The average molecular weight is 180 g/mol. The Morgan fingerprint density at radius 3 is 0.889 bits per heavy atom. The maximum absolute atomic E-state index is 8.33. The maximum Gasteiger partial charge on any atom is 2.00 e. The molecule has 0 aliphatic carbocycles. The molecule has 13 radical (unpaired) electrons. The van der Waals surface area contributed by atoms with Crippen LogP contribution in [0.25, 0.3) is 0 Å². The van der Waals surface area contributed by atoms with Crippen LogP contribution >= 0.6 is 0 Å². The molecule has 0 heterocycles. The van der Waals surface area contributed by atoms with E-state index in [-0.39, 0.29) is 41.7 Å². The molecule has 0 aromatic heterocycles. The minimum atomic E-state index is -2.33. The fraction of sp³-hybridized carbons (Fsp3) is 0. The second-order valence-electron chi connectivity index (χ2n) is 0.250. The van der Waals surface area contributed by atoms with E-state index in [1.165, 1.54) is 0 Å². The number of nitrogens with zero attached hydrogens (tertiary/aromatic N) is 4. The van der Waals surface area contributed by atoms with Gasteiger partial charge in [-0.1, -0.05) is 0 Å². The van der Waals surface area contributed by atoms with Gasteiger partial charge >= 0.3 is 17.1 Å². The molecule has 0 aliphatic heterocycles. The van der Waals surface area contributed by atoms with E-state index in [2.05, 4.69) is 0 Å². The van der Waals surface area contributed by atoms with Crippen LogP contribution in [0.4, 0.5) is 4.79 Å². The minimum Gasteiger partial charge on any atom is -0.652 e. The fourth-order valence-electron chi connectivity index (χ4n) is 0. The van der Waals surface area contributed by atoms with Crippen LogP contribution in [0, 0.1) is 0 Å². The molecule has 0 aromatic rings. The van der Waals surface area contributed by atoms with Gasteiger partial charge in [0.1, 0.15) is 0 Å². The van der Waals surface area contributed by atoms with E-state index < -0.39 is 6.16 Å². The summed E-state index contributed by atoms with van der Waals surface area (Å²) in [5.74, 6) is 0. The Kier molecular flexibility index (Phi) is 391. The first kappa shape index (κ1) is 72.6. The van der Waals surface area contributed by atoms with Gasteiger partial charge in [-0.2, -0.15) is 0 Å². The molecule has 53 valence electrons. The SMILES string of the molecule is O=C([O-])[O-].[Cu+2].[N].[N].[N].[N]. The van der Waals surface area contributed by atoms with Gasteiger partial charge in [0.25, 0.3) is 0 Å². The number of carbonyl (C=O) groups excluding carboxylic acids is 1. The normalized spacial score (nSPS) is 2.67. The molecular weight excluding hydrogens is 180 g/mol. The van der Waals surface area contributed by atoms with E-state index >= 15 is 0 Å². The van der Waals surface area contributed by atoms with E-state index in [0.717, 1.165) is 0 Å². The van der Waals surface area contributed by atoms with Crippen LogP contribution in [0.15, 0.2) is 0 Å². The van der Waals surface area contributed by atoms with Gasteiger partial charge in [0.2, 0.25) is 0 Å². The van der Waals surface area contributed by atoms with Crippen LogP contribution < -0.4 is 34.8 Å². The largest absolute Gasteiger partial charge is 2.00 e. The molecule has 8 heteroatoms. The van der Waals surface area contributed by atoms with E-state index in [9.17, 15) is 0 Å². The van der Waals surface area contributed by atoms with E-state index in [4.69, 9.17) is 15.0 Å². The predicted octanol–water partition coefficient (Wildman–Crippen LogP) is -4.37. The first-order valence-electron chi connectivity index (χ1n) is 0.612. The first-order chi connectivity index (χ1) is 1.73. The first-order valence-corrected chi connectivity index (χ1v) is 0.612. The molecule has 0 saturated heterocycles. The third-order valence-corrected chi connectivity index (χ3v) is 0. The molecule has 0 spiro atoms. The van der Waals surface area contributed by atoms with Crippen molar-refractivity contribution in [1.82, 2.24) is 24.6 Å². The van der Waals surface area contributed by atoms with Gasteiger partial charge in [-0.3, -0.25) is 0 Å². The number of carbonyl (C=O) groups is 1.